The quantitative estimate of drug-likeness (QED) is 0.748. The van der Waals surface area contributed by atoms with E-state index >= 15 is 0 Å². The Balaban J connectivity index is 2.10. The lowest BCUT2D eigenvalue weighted by Gasteiger charge is -2.21. The monoisotopic (exact) mass is 287 g/mol. The molecule has 0 aliphatic heterocycles. The molecule has 0 radical (unpaired) electrons. The van der Waals surface area contributed by atoms with Gasteiger partial charge in [-0.3, -0.25) is 4.98 Å². The minimum atomic E-state index is -0.340. The predicted octanol–water partition coefficient (Wildman–Crippen LogP) is 3.65. The molecular formula is C15H14FN3S. The lowest BCUT2D eigenvalue weighted by molar-refractivity contribution is 0.625. The molecule has 1 aromatic carbocycles. The van der Waals surface area contributed by atoms with Crippen molar-refractivity contribution in [3.8, 4) is 0 Å². The lowest BCUT2D eigenvalue weighted by atomic mass is 10.1. The number of hydrogen-bond acceptors (Lipinski definition) is 4. The molecule has 0 amide bonds. The number of halogens is 1. The van der Waals surface area contributed by atoms with Crippen molar-refractivity contribution in [1.82, 2.24) is 4.98 Å². The number of nitrogen functional groups attached to an aromatic ring is 1. The topological polar surface area (TPSA) is 42.1 Å². The Morgan fingerprint density at radius 3 is 2.95 bits per heavy atom. The molecule has 0 saturated carbocycles. The first-order valence-corrected chi connectivity index (χ1v) is 7.11. The molecule has 0 spiro atoms. The summed E-state index contributed by atoms with van der Waals surface area (Å²) < 4.78 is 14.3. The van der Waals surface area contributed by atoms with Crippen LogP contribution >= 0.6 is 11.3 Å². The second kappa shape index (κ2) is 5.09. The van der Waals surface area contributed by atoms with Crippen molar-refractivity contribution in [2.24, 2.45) is 0 Å². The van der Waals surface area contributed by atoms with Crippen LogP contribution in [-0.4, -0.2) is 12.0 Å². The largest absolute Gasteiger partial charge is 0.398 e. The van der Waals surface area contributed by atoms with E-state index in [0.29, 0.717) is 23.4 Å². The molecule has 3 nitrogen and oxygen atoms in total. The van der Waals surface area contributed by atoms with Crippen molar-refractivity contribution in [2.45, 2.75) is 6.54 Å². The summed E-state index contributed by atoms with van der Waals surface area (Å²) in [6.07, 6.45) is 1.66. The van der Waals surface area contributed by atoms with Crippen LogP contribution < -0.4 is 10.6 Å². The van der Waals surface area contributed by atoms with E-state index in [2.05, 4.69) is 4.98 Å². The van der Waals surface area contributed by atoms with Crippen LogP contribution in [0.5, 0.6) is 0 Å². The van der Waals surface area contributed by atoms with Crippen molar-refractivity contribution in [1.29, 1.82) is 0 Å². The first-order chi connectivity index (χ1) is 9.66. The number of fused-ring (bicyclic) bond motifs is 1. The molecule has 20 heavy (non-hydrogen) atoms. The molecule has 5 heteroatoms. The summed E-state index contributed by atoms with van der Waals surface area (Å²) in [6, 6.07) is 9.05. The highest BCUT2D eigenvalue weighted by molar-refractivity contribution is 7.09. The second-order valence-electron chi connectivity index (χ2n) is 4.63. The SMILES string of the molecule is CN(Cc1cccs1)c1c(F)cc(N)c2cccnc12. The molecule has 2 heterocycles. The second-order valence-corrected chi connectivity index (χ2v) is 5.66. The van der Waals surface area contributed by atoms with Crippen LogP contribution in [-0.2, 0) is 6.54 Å². The first-order valence-electron chi connectivity index (χ1n) is 6.23. The van der Waals surface area contributed by atoms with Gasteiger partial charge >= 0.3 is 0 Å². The molecule has 0 unspecified atom stereocenters. The smallest absolute Gasteiger partial charge is 0.150 e. The number of hydrogen-bond donors (Lipinski definition) is 1. The number of rotatable bonds is 3. The molecule has 0 bridgehead atoms. The van der Waals surface area contributed by atoms with Gasteiger partial charge in [0.2, 0.25) is 0 Å². The Morgan fingerprint density at radius 1 is 1.35 bits per heavy atom. The highest BCUT2D eigenvalue weighted by Gasteiger charge is 2.16. The third-order valence-electron chi connectivity index (χ3n) is 3.21. The lowest BCUT2D eigenvalue weighted by Crippen LogP contribution is -2.18. The normalized spacial score (nSPS) is 10.9. The van der Waals surface area contributed by atoms with E-state index in [-0.39, 0.29) is 5.82 Å². The van der Waals surface area contributed by atoms with Gasteiger partial charge in [-0.15, -0.1) is 11.3 Å². The Labute approximate surface area is 120 Å². The van der Waals surface area contributed by atoms with Gasteiger partial charge in [-0.05, 0) is 29.6 Å². The summed E-state index contributed by atoms with van der Waals surface area (Å²) in [4.78, 5) is 7.34. The summed E-state index contributed by atoms with van der Waals surface area (Å²) in [5.41, 5.74) is 7.37. The Hall–Kier alpha value is -2.14. The van der Waals surface area contributed by atoms with Crippen LogP contribution in [0.2, 0.25) is 0 Å². The molecule has 0 atom stereocenters. The molecule has 3 aromatic rings. The van der Waals surface area contributed by atoms with E-state index in [1.807, 2.05) is 35.5 Å². The minimum absolute atomic E-state index is 0.340. The number of thiophene rings is 1. The van der Waals surface area contributed by atoms with Crippen LogP contribution in [0.15, 0.2) is 41.9 Å². The fourth-order valence-electron chi connectivity index (χ4n) is 2.30. The fraction of sp³-hybridized carbons (Fsp3) is 0.133. The van der Waals surface area contributed by atoms with Gasteiger partial charge in [-0.2, -0.15) is 0 Å². The molecule has 2 aromatic heterocycles. The predicted molar refractivity (Wildman–Crippen MR) is 82.5 cm³/mol. The van der Waals surface area contributed by atoms with Crippen LogP contribution in [0, 0.1) is 5.82 Å². The first kappa shape index (κ1) is 12.9. The van der Waals surface area contributed by atoms with Crippen molar-refractivity contribution < 1.29 is 4.39 Å². The van der Waals surface area contributed by atoms with Crippen LogP contribution in [0.3, 0.4) is 0 Å². The zero-order chi connectivity index (χ0) is 14.1. The standard InChI is InChI=1S/C15H14FN3S/c1-19(9-10-4-3-7-20-10)15-12(16)8-13(17)11-5-2-6-18-14(11)15/h2-8H,9,17H2,1H3. The third kappa shape index (κ3) is 2.20. The maximum atomic E-state index is 14.3. The molecule has 0 aliphatic carbocycles. The zero-order valence-corrected chi connectivity index (χ0v) is 11.8. The zero-order valence-electron chi connectivity index (χ0n) is 11.0. The molecule has 102 valence electrons. The third-order valence-corrected chi connectivity index (χ3v) is 4.07. The van der Waals surface area contributed by atoms with E-state index in [0.717, 1.165) is 5.39 Å². The molecular weight excluding hydrogens is 273 g/mol. The van der Waals surface area contributed by atoms with Gasteiger partial charge < -0.3 is 10.6 Å². The van der Waals surface area contributed by atoms with Crippen molar-refractivity contribution in [2.75, 3.05) is 17.7 Å². The average molecular weight is 287 g/mol. The molecule has 0 fully saturated rings. The van der Waals surface area contributed by atoms with Gasteiger partial charge in [0.15, 0.2) is 5.82 Å². The molecule has 0 saturated heterocycles. The van der Waals surface area contributed by atoms with Gasteiger partial charge in [0, 0.05) is 29.2 Å². The van der Waals surface area contributed by atoms with Crippen LogP contribution in [0.25, 0.3) is 10.9 Å². The van der Waals surface area contributed by atoms with E-state index in [1.165, 1.54) is 10.9 Å². The van der Waals surface area contributed by atoms with E-state index in [1.54, 1.807) is 23.6 Å². The van der Waals surface area contributed by atoms with Crippen LogP contribution in [0.4, 0.5) is 15.8 Å². The Kier molecular flexibility index (Phi) is 3.28. The number of pyridine rings is 1. The fourth-order valence-corrected chi connectivity index (χ4v) is 3.06. The van der Waals surface area contributed by atoms with Crippen LogP contribution in [0.1, 0.15) is 4.88 Å². The molecule has 2 N–H and O–H groups in total. The van der Waals surface area contributed by atoms with E-state index in [4.69, 9.17) is 5.73 Å². The summed E-state index contributed by atoms with van der Waals surface area (Å²) >= 11 is 1.65. The van der Waals surface area contributed by atoms with E-state index < -0.39 is 0 Å². The van der Waals surface area contributed by atoms with Gasteiger partial charge in [-0.25, -0.2) is 4.39 Å². The summed E-state index contributed by atoms with van der Waals surface area (Å²) in [5, 5.41) is 2.79. The van der Waals surface area contributed by atoms with Gasteiger partial charge in [0.05, 0.1) is 17.7 Å². The Morgan fingerprint density at radius 2 is 2.20 bits per heavy atom. The maximum absolute atomic E-state index is 14.3. The van der Waals surface area contributed by atoms with Gasteiger partial charge in [0.1, 0.15) is 0 Å². The summed E-state index contributed by atoms with van der Waals surface area (Å²) in [5.74, 6) is -0.340. The van der Waals surface area contributed by atoms with Crippen molar-refractivity contribution in [3.63, 3.8) is 0 Å². The Bertz CT molecular complexity index is 740. The van der Waals surface area contributed by atoms with Gasteiger partial charge in [0.25, 0.3) is 0 Å². The summed E-state index contributed by atoms with van der Waals surface area (Å²) in [6.45, 7) is 0.643. The van der Waals surface area contributed by atoms with Crippen molar-refractivity contribution in [3.05, 3.63) is 52.6 Å². The molecule has 0 aliphatic rings. The summed E-state index contributed by atoms with van der Waals surface area (Å²) in [7, 11) is 1.86. The number of nitrogens with zero attached hydrogens (tertiary/aromatic N) is 2. The average Bonchev–Trinajstić information content (AvgIpc) is 2.91. The highest BCUT2D eigenvalue weighted by atomic mass is 32.1. The number of nitrogens with two attached hydrogens (primary N) is 1. The highest BCUT2D eigenvalue weighted by Crippen LogP contribution is 2.32. The van der Waals surface area contributed by atoms with E-state index in [9.17, 15) is 4.39 Å². The molecule has 3 rings (SSSR count). The van der Waals surface area contributed by atoms with Crippen molar-refractivity contribution >= 4 is 33.6 Å². The number of anilines is 2. The number of benzene rings is 1. The number of aromatic nitrogens is 1. The van der Waals surface area contributed by atoms with Gasteiger partial charge in [-0.1, -0.05) is 6.07 Å². The maximum Gasteiger partial charge on any atom is 0.150 e. The minimum Gasteiger partial charge on any atom is -0.398 e.